The summed E-state index contributed by atoms with van der Waals surface area (Å²) in [6.07, 6.45) is -1.30. The molecule has 8 nitrogen and oxygen atoms in total. The molecule has 0 spiro atoms. The lowest BCUT2D eigenvalue weighted by Gasteiger charge is -2.35. The number of nitrogens with zero attached hydrogens (tertiary/aromatic N) is 2. The molecule has 3 aromatic carbocycles. The van der Waals surface area contributed by atoms with Gasteiger partial charge in [0.1, 0.15) is 6.04 Å². The van der Waals surface area contributed by atoms with Gasteiger partial charge < -0.3 is 25.1 Å². The van der Waals surface area contributed by atoms with E-state index in [2.05, 4.69) is 0 Å². The zero-order valence-corrected chi connectivity index (χ0v) is 22.8. The summed E-state index contributed by atoms with van der Waals surface area (Å²) in [6.45, 7) is -0.928. The van der Waals surface area contributed by atoms with Crippen LogP contribution in [0.3, 0.4) is 0 Å². The lowest BCUT2D eigenvalue weighted by Crippen LogP contribution is -2.47. The van der Waals surface area contributed by atoms with E-state index in [0.717, 1.165) is 4.90 Å². The number of aliphatic hydroxyl groups is 2. The number of hydrogen-bond donors (Lipinski definition) is 3. The molecule has 37 heavy (non-hydrogen) atoms. The lowest BCUT2D eigenvalue weighted by atomic mass is 9.97. The molecule has 192 valence electrons. The predicted octanol–water partition coefficient (Wildman–Crippen LogP) is 4.31. The zero-order chi connectivity index (χ0) is 26.9. The topological polar surface area (TPSA) is 118 Å². The van der Waals surface area contributed by atoms with Gasteiger partial charge in [-0.3, -0.25) is 9.59 Å². The first-order valence-corrected chi connectivity index (χ1v) is 12.9. The first-order valence-electron chi connectivity index (χ1n) is 11.1. The molecule has 0 bridgehead atoms. The maximum absolute atomic E-state index is 14.2. The Balaban J connectivity index is 2.00. The van der Waals surface area contributed by atoms with Crippen molar-refractivity contribution in [1.82, 2.24) is 4.90 Å². The van der Waals surface area contributed by atoms with Crippen LogP contribution >= 0.6 is 45.8 Å². The highest BCUT2D eigenvalue weighted by Gasteiger charge is 2.46. The van der Waals surface area contributed by atoms with Crippen molar-refractivity contribution >= 4 is 69.3 Å². The molecule has 0 radical (unpaired) electrons. The molecule has 0 saturated heterocycles. The summed E-state index contributed by atoms with van der Waals surface area (Å²) in [5.41, 5.74) is 0.855. The van der Waals surface area contributed by atoms with E-state index in [9.17, 15) is 29.7 Å². The SMILES string of the molecule is O=C(O)C(c1ccc(Cl)cc1)N1C(=O)c2cc(I)ccc2N(CC(O)CO)C(=O)C1c1ccc(Cl)cc1. The van der Waals surface area contributed by atoms with Crippen molar-refractivity contribution in [2.45, 2.75) is 18.2 Å². The van der Waals surface area contributed by atoms with E-state index in [-0.39, 0.29) is 23.4 Å². The molecule has 0 aromatic heterocycles. The van der Waals surface area contributed by atoms with Crippen LogP contribution in [-0.4, -0.2) is 57.3 Å². The number of hydrogen-bond acceptors (Lipinski definition) is 5. The second-order valence-corrected chi connectivity index (χ2v) is 10.5. The van der Waals surface area contributed by atoms with Crippen molar-refractivity contribution in [2.75, 3.05) is 18.1 Å². The third-order valence-corrected chi connectivity index (χ3v) is 7.16. The highest BCUT2D eigenvalue weighted by molar-refractivity contribution is 14.1. The number of anilines is 1. The number of amides is 2. The van der Waals surface area contributed by atoms with Crippen molar-refractivity contribution in [3.05, 3.63) is 97.0 Å². The van der Waals surface area contributed by atoms with Crippen LogP contribution in [0.1, 0.15) is 33.6 Å². The summed E-state index contributed by atoms with van der Waals surface area (Å²) >= 11 is 14.1. The van der Waals surface area contributed by atoms with Gasteiger partial charge in [-0.05, 0) is 76.2 Å². The minimum atomic E-state index is -1.55. The van der Waals surface area contributed by atoms with Crippen LogP contribution in [0.25, 0.3) is 0 Å². The second-order valence-electron chi connectivity index (χ2n) is 8.41. The highest BCUT2D eigenvalue weighted by atomic mass is 127. The smallest absolute Gasteiger partial charge is 0.331 e. The van der Waals surface area contributed by atoms with Gasteiger partial charge in [-0.1, -0.05) is 47.5 Å². The number of β-amino-alcohol motifs (C(OH)–C–C–N with tert-alkyl or cyclic N) is 1. The van der Waals surface area contributed by atoms with Crippen LogP contribution in [0, 0.1) is 3.57 Å². The van der Waals surface area contributed by atoms with Crippen molar-refractivity contribution < 1.29 is 29.7 Å². The van der Waals surface area contributed by atoms with E-state index >= 15 is 0 Å². The highest BCUT2D eigenvalue weighted by Crippen LogP contribution is 2.41. The first kappa shape index (κ1) is 27.3. The fourth-order valence-corrected chi connectivity index (χ4v) is 5.04. The molecule has 0 saturated carbocycles. The monoisotopic (exact) mass is 654 g/mol. The normalized spacial score (nSPS) is 17.3. The number of carboxylic acid groups (broad SMARTS) is 1. The molecule has 1 heterocycles. The van der Waals surface area contributed by atoms with Crippen LogP contribution in [0.15, 0.2) is 66.7 Å². The molecule has 0 fully saturated rings. The van der Waals surface area contributed by atoms with Crippen molar-refractivity contribution in [3.63, 3.8) is 0 Å². The summed E-state index contributed by atoms with van der Waals surface area (Å²) < 4.78 is 0.683. The Morgan fingerprint density at radius 3 is 2.14 bits per heavy atom. The van der Waals surface area contributed by atoms with Crippen molar-refractivity contribution in [1.29, 1.82) is 0 Å². The Morgan fingerprint density at radius 1 is 0.973 bits per heavy atom. The molecular formula is C26H21Cl2IN2O6. The summed E-state index contributed by atoms with van der Waals surface area (Å²) in [4.78, 5) is 43.3. The third kappa shape index (κ3) is 5.60. The van der Waals surface area contributed by atoms with Gasteiger partial charge >= 0.3 is 5.97 Å². The van der Waals surface area contributed by atoms with E-state index in [0.29, 0.717) is 19.2 Å². The Hall–Kier alpha value is -2.70. The minimum Gasteiger partial charge on any atom is -0.479 e. The lowest BCUT2D eigenvalue weighted by molar-refractivity contribution is -0.144. The molecule has 3 N–H and O–H groups in total. The molecule has 0 aliphatic carbocycles. The van der Waals surface area contributed by atoms with E-state index in [4.69, 9.17) is 23.2 Å². The fraction of sp³-hybridized carbons (Fsp3) is 0.192. The number of carbonyl (C=O) groups is 3. The summed E-state index contributed by atoms with van der Waals surface area (Å²) in [5, 5.41) is 30.9. The molecule has 1 aliphatic rings. The van der Waals surface area contributed by atoms with Gasteiger partial charge in [0.25, 0.3) is 11.8 Å². The maximum Gasteiger partial charge on any atom is 0.331 e. The molecular weight excluding hydrogens is 634 g/mol. The Labute approximate surface area is 236 Å². The average Bonchev–Trinajstić information content (AvgIpc) is 2.95. The predicted molar refractivity (Wildman–Crippen MR) is 147 cm³/mol. The molecule has 2 amide bonds. The minimum absolute atomic E-state index is 0.0852. The summed E-state index contributed by atoms with van der Waals surface area (Å²) in [7, 11) is 0. The molecule has 3 aromatic rings. The number of carboxylic acids is 1. The molecule has 4 rings (SSSR count). The number of aliphatic hydroxyl groups excluding tert-OH is 2. The summed E-state index contributed by atoms with van der Waals surface area (Å²) in [6, 6.07) is 14.1. The van der Waals surface area contributed by atoms with Gasteiger partial charge in [0.05, 0.1) is 30.5 Å². The van der Waals surface area contributed by atoms with Gasteiger partial charge in [0.15, 0.2) is 6.04 Å². The number of rotatable bonds is 7. The van der Waals surface area contributed by atoms with Crippen LogP contribution in [0.5, 0.6) is 0 Å². The van der Waals surface area contributed by atoms with E-state index in [1.165, 1.54) is 29.2 Å². The Bertz CT molecular complexity index is 1340. The van der Waals surface area contributed by atoms with Crippen LogP contribution in [-0.2, 0) is 9.59 Å². The molecule has 3 unspecified atom stereocenters. The van der Waals surface area contributed by atoms with Gasteiger partial charge in [-0.15, -0.1) is 0 Å². The second kappa shape index (κ2) is 11.4. The quantitative estimate of drug-likeness (QED) is 0.327. The number of carbonyl (C=O) groups excluding carboxylic acids is 2. The Morgan fingerprint density at radius 2 is 1.57 bits per heavy atom. The average molecular weight is 655 g/mol. The fourth-order valence-electron chi connectivity index (χ4n) is 4.30. The van der Waals surface area contributed by atoms with Crippen LogP contribution < -0.4 is 4.90 Å². The van der Waals surface area contributed by atoms with Gasteiger partial charge in [0, 0.05) is 13.6 Å². The number of fused-ring (bicyclic) bond motifs is 1. The van der Waals surface area contributed by atoms with Gasteiger partial charge in [-0.25, -0.2) is 4.79 Å². The largest absolute Gasteiger partial charge is 0.479 e. The van der Waals surface area contributed by atoms with Crippen LogP contribution in [0.4, 0.5) is 5.69 Å². The van der Waals surface area contributed by atoms with E-state index in [1.54, 1.807) is 42.5 Å². The number of aliphatic carboxylic acids is 1. The molecule has 3 atom stereocenters. The van der Waals surface area contributed by atoms with Gasteiger partial charge in [-0.2, -0.15) is 0 Å². The third-order valence-electron chi connectivity index (χ3n) is 5.98. The van der Waals surface area contributed by atoms with E-state index < -0.39 is 42.6 Å². The van der Waals surface area contributed by atoms with E-state index in [1.807, 2.05) is 22.6 Å². The summed E-state index contributed by atoms with van der Waals surface area (Å²) in [5.74, 6) is -2.69. The van der Waals surface area contributed by atoms with Crippen molar-refractivity contribution in [2.24, 2.45) is 0 Å². The number of benzene rings is 3. The number of halogens is 3. The van der Waals surface area contributed by atoms with Gasteiger partial charge in [0.2, 0.25) is 0 Å². The Kier molecular flexibility index (Phi) is 8.39. The standard InChI is InChI=1S/C26H21Cl2IN2O6/c27-16-5-1-14(2-6-16)22-25(35)30(12-19(33)13-32)21-10-9-18(29)11-20(21)24(34)31(22)23(26(36)37)15-3-7-17(28)8-4-15/h1-11,19,22-23,32-33H,12-13H2,(H,36,37). The van der Waals surface area contributed by atoms with Crippen LogP contribution in [0.2, 0.25) is 10.0 Å². The molecule has 11 heteroatoms. The first-order chi connectivity index (χ1) is 17.6. The van der Waals surface area contributed by atoms with Crippen molar-refractivity contribution in [3.8, 4) is 0 Å². The maximum atomic E-state index is 14.2. The molecule has 1 aliphatic heterocycles. The zero-order valence-electron chi connectivity index (χ0n) is 19.1.